The summed E-state index contributed by atoms with van der Waals surface area (Å²) in [6, 6.07) is 164. The Morgan fingerprint density at radius 3 is 1.06 bits per heavy atom. The van der Waals surface area contributed by atoms with E-state index in [4.69, 9.17) is 27.1 Å². The second-order valence-corrected chi connectivity index (χ2v) is 37.0. The number of fused-ring (bicyclic) bond motifs is 22. The van der Waals surface area contributed by atoms with Gasteiger partial charge in [0.1, 0.15) is 61.7 Å². The molecule has 0 atom stereocenters. The first kappa shape index (κ1) is 86.1. The molecule has 0 bridgehead atoms. The second-order valence-electron chi connectivity index (χ2n) is 37.0. The topological polar surface area (TPSA) is 106 Å². The van der Waals surface area contributed by atoms with Crippen molar-refractivity contribution in [1.82, 2.24) is 23.7 Å². The largest absolute Gasteiger partial charge is 0.456 e. The maximum absolute atomic E-state index is 6.28. The Morgan fingerprint density at radius 1 is 0.236 bits per heavy atom. The van der Waals surface area contributed by atoms with Crippen LogP contribution in [0.4, 0.5) is 0 Å². The zero-order chi connectivity index (χ0) is 94.9. The predicted octanol–water partition coefficient (Wildman–Crippen LogP) is 36.7. The molecular weight excluding hydrogens is 1940 g/mol. The van der Waals surface area contributed by atoms with E-state index in [9.17, 15) is 0 Å². The summed E-state index contributed by atoms with van der Waals surface area (Å²) in [5.41, 5.74) is 34.7. The molecule has 0 amide bonds. The number of hydrogen-bond acceptors (Lipinski definition) is 7. The molecule has 0 unspecified atom stereocenters. The number of furan rings is 5. The zero-order valence-corrected chi connectivity index (χ0v) is 81.0. The van der Waals surface area contributed by atoms with Crippen molar-refractivity contribution in [3.63, 3.8) is 0 Å². The van der Waals surface area contributed by atoms with Crippen molar-refractivity contribution in [3.05, 3.63) is 490 Å². The van der Waals surface area contributed by atoms with Crippen molar-refractivity contribution in [2.24, 2.45) is 0 Å². The maximum Gasteiger partial charge on any atom is 0.145 e. The molecule has 0 N–H and O–H groups in total. The molecule has 22 aromatic carbocycles. The SMILES string of the molecule is Cc1cc(C)c(-n2ccnc2-c2[c-]cccc2)c(C)c1.[Ir].c1ccc(-c2nc3ccccc3n2-c2ccc(-c3c4ccccc4c(-c4ccc5ccccc5c4)c4ccccc34)cc2)cc1.c1ccc2c(c1)oc1ccc(-c3ccc4oc5ccc(-c6ccc7oc8ccccc8c7c6)cc5c4c3)cc12.c1ccc2c(c1)oc1ccc(-c3ccc4oc5ccc(-n6c7ccccc7c7ccccc76)cc5c4c3)cc12. The molecule has 144 heavy (non-hydrogen) atoms. The minimum atomic E-state index is 0. The van der Waals surface area contributed by atoms with Gasteiger partial charge in [-0.3, -0.25) is 9.55 Å². The van der Waals surface area contributed by atoms with Crippen molar-refractivity contribution in [1.29, 1.82) is 0 Å². The van der Waals surface area contributed by atoms with Crippen LogP contribution in [0.25, 0.3) is 270 Å². The van der Waals surface area contributed by atoms with Crippen LogP contribution in [0, 0.1) is 26.8 Å². The molecule has 8 aromatic heterocycles. The monoisotopic (exact) mass is 2030 g/mol. The van der Waals surface area contributed by atoms with Crippen LogP contribution >= 0.6 is 0 Å². The molecule has 0 saturated heterocycles. The molecule has 10 nitrogen and oxygen atoms in total. The summed E-state index contributed by atoms with van der Waals surface area (Å²) >= 11 is 0. The van der Waals surface area contributed by atoms with E-state index in [1.807, 2.05) is 79.1 Å². The second kappa shape index (κ2) is 35.6. The third-order valence-corrected chi connectivity index (χ3v) is 28.3. The molecule has 30 rings (SSSR count). The van der Waals surface area contributed by atoms with Gasteiger partial charge in [-0.05, 0) is 272 Å². The first-order valence-electron chi connectivity index (χ1n) is 48.4. The number of aromatic nitrogens is 5. The van der Waals surface area contributed by atoms with Gasteiger partial charge in [0.2, 0.25) is 0 Å². The Bertz CT molecular complexity index is 10000. The van der Waals surface area contributed by atoms with Gasteiger partial charge < -0.3 is 31.2 Å². The third kappa shape index (κ3) is 15.0. The van der Waals surface area contributed by atoms with Gasteiger partial charge in [0, 0.05) is 120 Å². The van der Waals surface area contributed by atoms with Gasteiger partial charge in [0.25, 0.3) is 0 Å². The fourth-order valence-corrected chi connectivity index (χ4v) is 21.8. The van der Waals surface area contributed by atoms with E-state index in [-0.39, 0.29) is 20.1 Å². The molecule has 1 radical (unpaired) electrons. The minimum absolute atomic E-state index is 0. The molecule has 683 valence electrons. The predicted molar refractivity (Wildman–Crippen MR) is 592 cm³/mol. The van der Waals surface area contributed by atoms with Gasteiger partial charge in [-0.25, -0.2) is 4.98 Å². The van der Waals surface area contributed by atoms with E-state index in [0.29, 0.717) is 0 Å². The molecule has 0 aliphatic rings. The van der Waals surface area contributed by atoms with Crippen molar-refractivity contribution in [3.8, 4) is 95.5 Å². The van der Waals surface area contributed by atoms with E-state index < -0.39 is 0 Å². The first-order chi connectivity index (χ1) is 70.6. The van der Waals surface area contributed by atoms with Crippen LogP contribution in [0.3, 0.4) is 0 Å². The number of nitrogens with zero attached hydrogens (tertiary/aromatic N) is 5. The van der Waals surface area contributed by atoms with E-state index in [1.54, 1.807) is 0 Å². The molecule has 0 aliphatic carbocycles. The fraction of sp³-hybridized carbons (Fsp3) is 0.0226. The number of para-hydroxylation sites is 7. The maximum atomic E-state index is 6.28. The number of benzene rings is 22. The van der Waals surface area contributed by atoms with Crippen molar-refractivity contribution in [2.45, 2.75) is 20.8 Å². The average molecular weight is 2030 g/mol. The Kier molecular flexibility index (Phi) is 21.3. The molecule has 30 aromatic rings. The quantitative estimate of drug-likeness (QED) is 0.0992. The molecule has 11 heteroatoms. The first-order valence-corrected chi connectivity index (χ1v) is 48.4. The third-order valence-electron chi connectivity index (χ3n) is 28.3. The molecule has 0 spiro atoms. The smallest absolute Gasteiger partial charge is 0.145 e. The molecule has 0 aliphatic heterocycles. The van der Waals surface area contributed by atoms with Gasteiger partial charge >= 0.3 is 0 Å². The van der Waals surface area contributed by atoms with Crippen LogP contribution in [0.5, 0.6) is 0 Å². The van der Waals surface area contributed by atoms with Gasteiger partial charge in [-0.15, -0.1) is 35.9 Å². The van der Waals surface area contributed by atoms with Crippen LogP contribution in [-0.2, 0) is 20.1 Å². The average Bonchev–Trinajstić information content (AvgIpc) is 1.07. The van der Waals surface area contributed by atoms with Crippen molar-refractivity contribution < 1.29 is 42.2 Å². The Hall–Kier alpha value is -18.3. The summed E-state index contributed by atoms with van der Waals surface area (Å²) in [6.07, 6.45) is 3.86. The molecule has 0 saturated carbocycles. The van der Waals surface area contributed by atoms with Crippen molar-refractivity contribution in [2.75, 3.05) is 0 Å². The van der Waals surface area contributed by atoms with Crippen LogP contribution in [0.1, 0.15) is 16.7 Å². The molecule has 8 heterocycles. The van der Waals surface area contributed by atoms with E-state index in [0.717, 1.165) is 188 Å². The van der Waals surface area contributed by atoms with E-state index in [2.05, 4.69) is 434 Å². The zero-order valence-electron chi connectivity index (χ0n) is 78.6. The summed E-state index contributed by atoms with van der Waals surface area (Å²) in [5.74, 6) is 1.88. The number of imidazole rings is 2. The Morgan fingerprint density at radius 2 is 0.590 bits per heavy atom. The summed E-state index contributed by atoms with van der Waals surface area (Å²) in [7, 11) is 0. The summed E-state index contributed by atoms with van der Waals surface area (Å²) in [6.45, 7) is 6.42. The molecule has 0 fully saturated rings. The number of hydrogen-bond donors (Lipinski definition) is 0. The van der Waals surface area contributed by atoms with Crippen LogP contribution in [0.15, 0.2) is 489 Å². The van der Waals surface area contributed by atoms with Gasteiger partial charge in [-0.2, -0.15) is 0 Å². The van der Waals surface area contributed by atoms with Crippen LogP contribution < -0.4 is 0 Å². The van der Waals surface area contributed by atoms with Gasteiger partial charge in [-0.1, -0.05) is 285 Å². The van der Waals surface area contributed by atoms with Crippen LogP contribution in [-0.4, -0.2) is 23.7 Å². The fourth-order valence-electron chi connectivity index (χ4n) is 21.8. The van der Waals surface area contributed by atoms with E-state index >= 15 is 0 Å². The number of aryl methyl sites for hydroxylation is 3. The normalized spacial score (nSPS) is 11.7. The van der Waals surface area contributed by atoms with Gasteiger partial charge in [0.15, 0.2) is 0 Å². The summed E-state index contributed by atoms with van der Waals surface area (Å²) in [5, 5.41) is 21.3. The molecular formula is C133H86IrN5O5-. The van der Waals surface area contributed by atoms with Crippen LogP contribution in [0.2, 0.25) is 0 Å². The number of rotatable bonds is 10. The van der Waals surface area contributed by atoms with E-state index in [1.165, 1.54) is 98.8 Å². The van der Waals surface area contributed by atoms with Gasteiger partial charge in [0.05, 0.1) is 27.9 Å². The Balaban J connectivity index is 0.000000101. The standard InChI is InChI=1S/C43H28N2.C36H21NO2.C36H20O3.C18H17N2.Ir/c1-2-13-31(14-3-1)43-44-39-20-10-11-21-40(39)45(43)34-26-24-30(25-27-34)41-35-16-6-8-18-37(35)42(38-19-9-7-17-36(38)41)33-23-22-29-12-4-5-15-32(29)28-33;1-4-10-31-25(7-1)26-8-2-5-11-32(26)37(31)24-15-18-36-30(21-24)29-20-23(14-17-35(29)39-36)22-13-16-34-28(19-22)27-9-3-6-12-33(27)38-34;1-3-7-31-25(5-1)27-17-21(9-13-33(27)37-31)23-11-15-35-29(19-23)30-20-24(12-16-36(30)39-35)22-10-14-34-28(18-22)26-6-2-4-8-32(26)38-34;1-13-11-14(2)17(15(3)12-13)20-10-9-19-18(20)16-7-5-4-6-8-16;/h1-28H;1-21H;1-20H;4-7,9-12H,1-3H3;/q;;;-1;. The summed E-state index contributed by atoms with van der Waals surface area (Å²) < 4.78 is 37.4. The summed E-state index contributed by atoms with van der Waals surface area (Å²) in [4.78, 5) is 9.54. The Labute approximate surface area is 840 Å². The minimum Gasteiger partial charge on any atom is -0.456 e. The van der Waals surface area contributed by atoms with Crippen molar-refractivity contribution >= 4 is 175 Å².